The van der Waals surface area contributed by atoms with Crippen LogP contribution in [-0.4, -0.2) is 47.6 Å². The highest BCUT2D eigenvalue weighted by molar-refractivity contribution is 6.03. The largest absolute Gasteiger partial charge is 0.507 e. The number of Topliss-reactive ketones (excluding diaryl/α,β-unsaturated/α-hetero) is 1. The molecule has 1 aromatic carbocycles. The van der Waals surface area contributed by atoms with Gasteiger partial charge in [-0.1, -0.05) is 41.5 Å². The number of phenolic OH excluding ortho intramolecular Hbond substituents is 1. The van der Waals surface area contributed by atoms with Gasteiger partial charge in [-0.15, -0.1) is 0 Å². The Morgan fingerprint density at radius 3 is 1.73 bits per heavy atom. The van der Waals surface area contributed by atoms with Crippen LogP contribution in [0, 0.1) is 0 Å². The molecule has 0 saturated carbocycles. The fraction of sp³-hybridized carbons (Fsp3) is 0.682. The summed E-state index contributed by atoms with van der Waals surface area (Å²) in [5.74, 6) is 0.404. The number of morpholine rings is 1. The van der Waals surface area contributed by atoms with E-state index >= 15 is 0 Å². The van der Waals surface area contributed by atoms with Gasteiger partial charge in [0, 0.05) is 29.8 Å². The van der Waals surface area contributed by atoms with E-state index in [0.29, 0.717) is 24.5 Å². The Morgan fingerprint density at radius 1 is 0.923 bits per heavy atom. The van der Waals surface area contributed by atoms with Crippen molar-refractivity contribution in [2.45, 2.75) is 71.8 Å². The summed E-state index contributed by atoms with van der Waals surface area (Å²) in [4.78, 5) is 15.7. The molecular weight excluding hydrogens is 326 g/mol. The molecule has 0 bridgehead atoms. The number of hydrogen-bond donors (Lipinski definition) is 1. The van der Waals surface area contributed by atoms with Gasteiger partial charge in [0.05, 0.1) is 18.8 Å². The molecule has 4 heteroatoms. The Kier molecular flexibility index (Phi) is 5.61. The Labute approximate surface area is 158 Å². The summed E-state index contributed by atoms with van der Waals surface area (Å²) in [5, 5.41) is 10.9. The molecule has 0 spiro atoms. The van der Waals surface area contributed by atoms with Crippen LogP contribution in [0.15, 0.2) is 12.1 Å². The number of carbonyl (C=O) groups is 1. The number of aromatic hydroxyl groups is 1. The zero-order valence-electron chi connectivity index (χ0n) is 17.7. The maximum absolute atomic E-state index is 13.5. The van der Waals surface area contributed by atoms with Crippen molar-refractivity contribution in [2.75, 3.05) is 26.3 Å². The van der Waals surface area contributed by atoms with Crippen molar-refractivity contribution in [1.29, 1.82) is 0 Å². The average Bonchev–Trinajstić information content (AvgIpc) is 2.53. The fourth-order valence-electron chi connectivity index (χ4n) is 3.53. The van der Waals surface area contributed by atoms with Gasteiger partial charge in [-0.2, -0.15) is 0 Å². The summed E-state index contributed by atoms with van der Waals surface area (Å²) >= 11 is 0. The van der Waals surface area contributed by atoms with E-state index in [1.165, 1.54) is 0 Å². The molecular formula is C22H35NO3. The number of nitrogens with zero attached hydrogens (tertiary/aromatic N) is 1. The molecule has 1 heterocycles. The van der Waals surface area contributed by atoms with Crippen molar-refractivity contribution in [3.63, 3.8) is 0 Å². The minimum Gasteiger partial charge on any atom is -0.507 e. The van der Waals surface area contributed by atoms with Gasteiger partial charge >= 0.3 is 0 Å². The van der Waals surface area contributed by atoms with Crippen LogP contribution in [0.2, 0.25) is 0 Å². The van der Waals surface area contributed by atoms with Crippen molar-refractivity contribution < 1.29 is 14.6 Å². The monoisotopic (exact) mass is 361 g/mol. The first-order chi connectivity index (χ1) is 11.8. The zero-order chi connectivity index (χ0) is 19.9. The third-order valence-corrected chi connectivity index (χ3v) is 5.35. The minimum absolute atomic E-state index is 0.0930. The van der Waals surface area contributed by atoms with Gasteiger partial charge in [0.1, 0.15) is 5.75 Å². The molecule has 1 aromatic rings. The highest BCUT2D eigenvalue weighted by Crippen LogP contribution is 2.40. The van der Waals surface area contributed by atoms with Crippen LogP contribution in [0.4, 0.5) is 0 Å². The van der Waals surface area contributed by atoms with Crippen molar-refractivity contribution in [2.24, 2.45) is 0 Å². The lowest BCUT2D eigenvalue weighted by Gasteiger charge is -2.40. The maximum atomic E-state index is 13.5. The first-order valence-corrected chi connectivity index (χ1v) is 9.52. The van der Waals surface area contributed by atoms with Crippen LogP contribution < -0.4 is 0 Å². The standard InChI is InChI=1S/C22H35NO3/c1-20(2,3)16-13-15(14-17(18(16)24)21(4,5)6)19(25)22(7,8)23-9-11-26-12-10-23/h13-14,24H,9-12H2,1-8H3. The van der Waals surface area contributed by atoms with E-state index in [0.717, 1.165) is 24.2 Å². The van der Waals surface area contributed by atoms with Gasteiger partial charge in [0.25, 0.3) is 0 Å². The van der Waals surface area contributed by atoms with Crippen LogP contribution in [0.3, 0.4) is 0 Å². The summed E-state index contributed by atoms with van der Waals surface area (Å²) in [7, 11) is 0. The van der Waals surface area contributed by atoms with E-state index in [2.05, 4.69) is 46.4 Å². The molecule has 146 valence electrons. The van der Waals surface area contributed by atoms with Crippen LogP contribution in [0.5, 0.6) is 5.75 Å². The number of rotatable bonds is 3. The maximum Gasteiger partial charge on any atom is 0.182 e. The van der Waals surface area contributed by atoms with E-state index in [4.69, 9.17) is 4.74 Å². The summed E-state index contributed by atoms with van der Waals surface area (Å²) in [5.41, 5.74) is 1.23. The van der Waals surface area contributed by atoms with Gasteiger partial charge < -0.3 is 9.84 Å². The van der Waals surface area contributed by atoms with Crippen molar-refractivity contribution in [3.8, 4) is 5.75 Å². The highest BCUT2D eigenvalue weighted by atomic mass is 16.5. The van der Waals surface area contributed by atoms with Crippen LogP contribution >= 0.6 is 0 Å². The molecule has 2 rings (SSSR count). The lowest BCUT2D eigenvalue weighted by atomic mass is 9.77. The quantitative estimate of drug-likeness (QED) is 0.817. The van der Waals surface area contributed by atoms with E-state index in [1.807, 2.05) is 26.0 Å². The molecule has 0 aliphatic carbocycles. The fourth-order valence-corrected chi connectivity index (χ4v) is 3.53. The lowest BCUT2D eigenvalue weighted by Crippen LogP contribution is -2.54. The molecule has 1 N–H and O–H groups in total. The van der Waals surface area contributed by atoms with Crippen LogP contribution in [-0.2, 0) is 15.6 Å². The third-order valence-electron chi connectivity index (χ3n) is 5.35. The molecule has 1 aliphatic heterocycles. The molecule has 0 unspecified atom stereocenters. The van der Waals surface area contributed by atoms with E-state index in [-0.39, 0.29) is 16.6 Å². The second-order valence-corrected chi connectivity index (χ2v) is 9.91. The molecule has 1 fully saturated rings. The molecule has 0 atom stereocenters. The van der Waals surface area contributed by atoms with Gasteiger partial charge in [0.15, 0.2) is 5.78 Å². The number of phenols is 1. The first kappa shape index (κ1) is 20.9. The predicted octanol–water partition coefficient (Wildman–Crippen LogP) is 4.28. The predicted molar refractivity (Wildman–Crippen MR) is 106 cm³/mol. The molecule has 0 aromatic heterocycles. The molecule has 0 amide bonds. The average molecular weight is 362 g/mol. The van der Waals surface area contributed by atoms with Crippen molar-refractivity contribution >= 4 is 5.78 Å². The smallest absolute Gasteiger partial charge is 0.182 e. The van der Waals surface area contributed by atoms with Crippen LogP contribution in [0.1, 0.15) is 76.9 Å². The number of ether oxygens (including phenoxy) is 1. The molecule has 1 saturated heterocycles. The molecule has 4 nitrogen and oxygen atoms in total. The van der Waals surface area contributed by atoms with Gasteiger partial charge in [-0.25, -0.2) is 0 Å². The number of benzene rings is 1. The second-order valence-electron chi connectivity index (χ2n) is 9.91. The van der Waals surface area contributed by atoms with Crippen molar-refractivity contribution in [3.05, 3.63) is 28.8 Å². The zero-order valence-corrected chi connectivity index (χ0v) is 17.7. The van der Waals surface area contributed by atoms with Crippen molar-refractivity contribution in [1.82, 2.24) is 4.90 Å². The third kappa shape index (κ3) is 4.12. The van der Waals surface area contributed by atoms with E-state index in [9.17, 15) is 9.90 Å². The van der Waals surface area contributed by atoms with Crippen LogP contribution in [0.25, 0.3) is 0 Å². The number of ketones is 1. The Balaban J connectivity index is 2.56. The molecule has 26 heavy (non-hydrogen) atoms. The highest BCUT2D eigenvalue weighted by Gasteiger charge is 2.37. The van der Waals surface area contributed by atoms with Gasteiger partial charge in [-0.3, -0.25) is 9.69 Å². The normalized spacial score (nSPS) is 17.4. The second kappa shape index (κ2) is 6.97. The minimum atomic E-state index is -0.606. The Hall–Kier alpha value is -1.39. The van der Waals surface area contributed by atoms with E-state index in [1.54, 1.807) is 0 Å². The Morgan fingerprint density at radius 2 is 1.35 bits per heavy atom. The molecule has 1 aliphatic rings. The summed E-state index contributed by atoms with van der Waals surface area (Å²) in [6.07, 6.45) is 0. The summed E-state index contributed by atoms with van der Waals surface area (Å²) in [6, 6.07) is 3.77. The summed E-state index contributed by atoms with van der Waals surface area (Å²) < 4.78 is 5.44. The number of carbonyl (C=O) groups excluding carboxylic acids is 1. The van der Waals surface area contributed by atoms with Gasteiger partial charge in [-0.05, 0) is 36.8 Å². The topological polar surface area (TPSA) is 49.8 Å². The van der Waals surface area contributed by atoms with E-state index < -0.39 is 5.54 Å². The SMILES string of the molecule is CC(C)(C)c1cc(C(=O)C(C)(C)N2CCOCC2)cc(C(C)(C)C)c1O. The molecule has 0 radical (unpaired) electrons. The lowest BCUT2D eigenvalue weighted by molar-refractivity contribution is -0.00430. The number of hydrogen-bond acceptors (Lipinski definition) is 4. The summed E-state index contributed by atoms with van der Waals surface area (Å²) in [6.45, 7) is 19.2. The first-order valence-electron chi connectivity index (χ1n) is 9.52. The Bertz CT molecular complexity index is 637. The van der Waals surface area contributed by atoms with Gasteiger partial charge in [0.2, 0.25) is 0 Å².